The molecular formula is C21H23N3O4S. The summed E-state index contributed by atoms with van der Waals surface area (Å²) in [7, 11) is 4.80. The molecule has 0 radical (unpaired) electrons. The Balaban J connectivity index is 1.93. The molecule has 2 amide bonds. The Hall–Kier alpha value is -3.39. The number of anilines is 2. The van der Waals surface area contributed by atoms with Gasteiger partial charge in [-0.05, 0) is 60.3 Å². The molecule has 7 nitrogen and oxygen atoms in total. The molecule has 2 aromatic carbocycles. The Labute approximate surface area is 175 Å². The lowest BCUT2D eigenvalue weighted by Gasteiger charge is -2.15. The molecule has 8 heteroatoms. The van der Waals surface area contributed by atoms with E-state index in [2.05, 4.69) is 10.6 Å². The molecule has 2 aromatic rings. The number of nitrogens with one attached hydrogen (secondary N) is 2. The maximum absolute atomic E-state index is 12.1. The van der Waals surface area contributed by atoms with Crippen molar-refractivity contribution in [3.8, 4) is 11.5 Å². The van der Waals surface area contributed by atoms with Gasteiger partial charge >= 0.3 is 0 Å². The Morgan fingerprint density at radius 3 is 2.28 bits per heavy atom. The van der Waals surface area contributed by atoms with Crippen molar-refractivity contribution < 1.29 is 19.1 Å². The number of amides is 2. The standard InChI is InChI=1S/C21H23N3O4S/c1-14(25)24(2)17-9-7-16(8-10-17)22-21(29)23-20(26)12-6-15-5-11-18(27-3)19(13-15)28-4/h5-13H,1-4H3,(H2,22,23,26,29)/b12-6+. The number of carbonyl (C=O) groups excluding carboxylic acids is 2. The second-order valence-electron chi connectivity index (χ2n) is 6.02. The van der Waals surface area contributed by atoms with Crippen molar-refractivity contribution in [3.63, 3.8) is 0 Å². The maximum atomic E-state index is 12.1. The Kier molecular flexibility index (Phi) is 7.73. The number of carbonyl (C=O) groups is 2. The van der Waals surface area contributed by atoms with E-state index in [4.69, 9.17) is 21.7 Å². The quantitative estimate of drug-likeness (QED) is 0.559. The van der Waals surface area contributed by atoms with E-state index in [1.165, 1.54) is 17.9 Å². The SMILES string of the molecule is COc1ccc(/C=C/C(=O)NC(=S)Nc2ccc(N(C)C(C)=O)cc2)cc1OC. The van der Waals surface area contributed by atoms with Crippen LogP contribution in [0.4, 0.5) is 11.4 Å². The summed E-state index contributed by atoms with van der Waals surface area (Å²) in [5.41, 5.74) is 2.23. The van der Waals surface area contributed by atoms with Crippen molar-refractivity contribution in [2.75, 3.05) is 31.5 Å². The first kappa shape index (κ1) is 21.9. The van der Waals surface area contributed by atoms with Crippen LogP contribution < -0.4 is 25.0 Å². The molecule has 0 spiro atoms. The van der Waals surface area contributed by atoms with Gasteiger partial charge in [-0.1, -0.05) is 6.07 Å². The average Bonchev–Trinajstić information content (AvgIpc) is 2.71. The molecule has 2 rings (SSSR count). The van der Waals surface area contributed by atoms with Gasteiger partial charge in [0.05, 0.1) is 14.2 Å². The Bertz CT molecular complexity index is 926. The van der Waals surface area contributed by atoms with Crippen LogP contribution in [0.2, 0.25) is 0 Å². The Morgan fingerprint density at radius 2 is 1.69 bits per heavy atom. The minimum absolute atomic E-state index is 0.0604. The molecule has 2 N–H and O–H groups in total. The molecule has 0 bridgehead atoms. The molecule has 0 unspecified atom stereocenters. The fraction of sp³-hybridized carbons (Fsp3) is 0.190. The summed E-state index contributed by atoms with van der Waals surface area (Å²) in [6.45, 7) is 1.49. The smallest absolute Gasteiger partial charge is 0.250 e. The zero-order valence-electron chi connectivity index (χ0n) is 16.7. The highest BCUT2D eigenvalue weighted by molar-refractivity contribution is 7.80. The zero-order chi connectivity index (χ0) is 21.4. The van der Waals surface area contributed by atoms with Crippen LogP contribution >= 0.6 is 12.2 Å². The second-order valence-corrected chi connectivity index (χ2v) is 6.42. The van der Waals surface area contributed by atoms with Crippen molar-refractivity contribution in [1.82, 2.24) is 5.32 Å². The summed E-state index contributed by atoms with van der Waals surface area (Å²) >= 11 is 5.16. The van der Waals surface area contributed by atoms with Crippen molar-refractivity contribution in [2.24, 2.45) is 0 Å². The third kappa shape index (κ3) is 6.32. The monoisotopic (exact) mass is 413 g/mol. The van der Waals surface area contributed by atoms with Gasteiger partial charge in [-0.2, -0.15) is 0 Å². The van der Waals surface area contributed by atoms with Gasteiger partial charge in [-0.25, -0.2) is 0 Å². The summed E-state index contributed by atoms with van der Waals surface area (Å²) in [6, 6.07) is 12.4. The minimum Gasteiger partial charge on any atom is -0.493 e. The number of methoxy groups -OCH3 is 2. The number of benzene rings is 2. The van der Waals surface area contributed by atoms with Crippen LogP contribution in [0.5, 0.6) is 11.5 Å². The van der Waals surface area contributed by atoms with Gasteiger partial charge in [0, 0.05) is 31.4 Å². The molecule has 0 aromatic heterocycles. The number of ether oxygens (including phenoxy) is 2. The zero-order valence-corrected chi connectivity index (χ0v) is 17.5. The van der Waals surface area contributed by atoms with Crippen molar-refractivity contribution >= 4 is 46.6 Å². The van der Waals surface area contributed by atoms with E-state index >= 15 is 0 Å². The van der Waals surface area contributed by atoms with E-state index in [-0.39, 0.29) is 16.9 Å². The van der Waals surface area contributed by atoms with E-state index in [9.17, 15) is 9.59 Å². The number of hydrogen-bond acceptors (Lipinski definition) is 5. The highest BCUT2D eigenvalue weighted by Crippen LogP contribution is 2.27. The van der Waals surface area contributed by atoms with Gasteiger partial charge in [0.15, 0.2) is 16.6 Å². The summed E-state index contributed by atoms with van der Waals surface area (Å²) in [4.78, 5) is 25.0. The molecule has 0 saturated carbocycles. The normalized spacial score (nSPS) is 10.3. The van der Waals surface area contributed by atoms with Crippen LogP contribution in [0.15, 0.2) is 48.5 Å². The minimum atomic E-state index is -0.370. The van der Waals surface area contributed by atoms with Crippen LogP contribution in [0.1, 0.15) is 12.5 Å². The molecule has 29 heavy (non-hydrogen) atoms. The van der Waals surface area contributed by atoms with E-state index in [0.29, 0.717) is 17.2 Å². The molecule has 152 valence electrons. The van der Waals surface area contributed by atoms with E-state index < -0.39 is 0 Å². The molecule has 0 aliphatic rings. The fourth-order valence-electron chi connectivity index (χ4n) is 2.39. The molecule has 0 atom stereocenters. The van der Waals surface area contributed by atoms with Gasteiger partial charge in [0.1, 0.15) is 0 Å². The molecule has 0 fully saturated rings. The van der Waals surface area contributed by atoms with Crippen molar-refractivity contribution in [1.29, 1.82) is 0 Å². The molecule has 0 aliphatic carbocycles. The van der Waals surface area contributed by atoms with Gasteiger partial charge in [0.2, 0.25) is 11.8 Å². The third-order valence-corrected chi connectivity index (χ3v) is 4.26. The lowest BCUT2D eigenvalue weighted by molar-refractivity contribution is -0.116. The van der Waals surface area contributed by atoms with Gasteiger partial charge < -0.3 is 19.7 Å². The molecule has 0 aliphatic heterocycles. The van der Waals surface area contributed by atoms with Crippen molar-refractivity contribution in [3.05, 3.63) is 54.1 Å². The number of thiocarbonyl (C=S) groups is 1. The van der Waals surface area contributed by atoms with Crippen LogP contribution in [0.3, 0.4) is 0 Å². The molecule has 0 saturated heterocycles. The highest BCUT2D eigenvalue weighted by Gasteiger charge is 2.07. The van der Waals surface area contributed by atoms with E-state index in [1.807, 2.05) is 0 Å². The summed E-state index contributed by atoms with van der Waals surface area (Å²) in [6.07, 6.45) is 3.02. The van der Waals surface area contributed by atoms with Gasteiger partial charge in [-0.15, -0.1) is 0 Å². The first-order chi connectivity index (χ1) is 13.8. The predicted octanol–water partition coefficient (Wildman–Crippen LogP) is 3.21. The number of nitrogens with zero attached hydrogens (tertiary/aromatic N) is 1. The summed E-state index contributed by atoms with van der Waals surface area (Å²) < 4.78 is 10.4. The van der Waals surface area contributed by atoms with Gasteiger partial charge in [0.25, 0.3) is 0 Å². The lowest BCUT2D eigenvalue weighted by atomic mass is 10.2. The fourth-order valence-corrected chi connectivity index (χ4v) is 2.61. The first-order valence-corrected chi connectivity index (χ1v) is 9.11. The van der Waals surface area contributed by atoms with Crippen LogP contribution in [0, 0.1) is 0 Å². The largest absolute Gasteiger partial charge is 0.493 e. The summed E-state index contributed by atoms with van der Waals surface area (Å²) in [5.74, 6) is 0.756. The first-order valence-electron chi connectivity index (χ1n) is 8.70. The second kappa shape index (κ2) is 10.2. The molecule has 0 heterocycles. The topological polar surface area (TPSA) is 79.9 Å². The average molecular weight is 413 g/mol. The van der Waals surface area contributed by atoms with Gasteiger partial charge in [-0.3, -0.25) is 14.9 Å². The van der Waals surface area contributed by atoms with Crippen molar-refractivity contribution in [2.45, 2.75) is 6.92 Å². The van der Waals surface area contributed by atoms with Crippen LogP contribution in [-0.2, 0) is 9.59 Å². The Morgan fingerprint density at radius 1 is 1.03 bits per heavy atom. The molecular weight excluding hydrogens is 390 g/mol. The van der Waals surface area contributed by atoms with E-state index in [0.717, 1.165) is 11.3 Å². The number of rotatable bonds is 6. The predicted molar refractivity (Wildman–Crippen MR) is 118 cm³/mol. The number of hydrogen-bond donors (Lipinski definition) is 2. The van der Waals surface area contributed by atoms with Crippen LogP contribution in [0.25, 0.3) is 6.08 Å². The van der Waals surface area contributed by atoms with E-state index in [1.54, 1.807) is 69.8 Å². The van der Waals surface area contributed by atoms with Crippen LogP contribution in [-0.4, -0.2) is 38.2 Å². The maximum Gasteiger partial charge on any atom is 0.250 e. The summed E-state index contributed by atoms with van der Waals surface area (Å²) in [5, 5.41) is 5.67. The lowest BCUT2D eigenvalue weighted by Crippen LogP contribution is -2.32. The third-order valence-electron chi connectivity index (χ3n) is 4.06. The highest BCUT2D eigenvalue weighted by atomic mass is 32.1.